The van der Waals surface area contributed by atoms with Crippen LogP contribution in [0.2, 0.25) is 0 Å². The number of ether oxygens (including phenoxy) is 1. The van der Waals surface area contributed by atoms with E-state index in [0.29, 0.717) is 11.1 Å². The van der Waals surface area contributed by atoms with Gasteiger partial charge in [0.25, 0.3) is 0 Å². The van der Waals surface area contributed by atoms with E-state index in [2.05, 4.69) is 113 Å². The summed E-state index contributed by atoms with van der Waals surface area (Å²) < 4.78 is 6.70. The Labute approximate surface area is 296 Å². The standard InChI is InChI=1S/C46H32N4O/c47-29-33-11-7-9-17-43(33)49(37-13-3-1-4-14-37)39-21-19-31-25-41-42-26-32-20-22-40(24-36(32)28-46(42)51-45(41)27-35(31)23-39)50(38-15-5-2-6-16-38)44-18-10-8-12-34(44)30-48/h1-5,7-15,17-28,42,46H,6,16H2. The van der Waals surface area contributed by atoms with Crippen molar-refractivity contribution >= 4 is 51.4 Å². The molecule has 0 radical (unpaired) electrons. The van der Waals surface area contributed by atoms with E-state index < -0.39 is 0 Å². The third kappa shape index (κ3) is 5.33. The van der Waals surface area contributed by atoms with E-state index in [1.165, 1.54) is 10.8 Å². The van der Waals surface area contributed by atoms with Gasteiger partial charge in [-0.2, -0.15) is 10.5 Å². The molecule has 6 aromatic carbocycles. The van der Waals surface area contributed by atoms with Gasteiger partial charge in [-0.25, -0.2) is 0 Å². The van der Waals surface area contributed by atoms with Crippen molar-refractivity contribution in [1.29, 1.82) is 10.5 Å². The lowest BCUT2D eigenvalue weighted by atomic mass is 9.88. The van der Waals surface area contributed by atoms with Crippen molar-refractivity contribution in [3.05, 3.63) is 178 Å². The lowest BCUT2D eigenvalue weighted by Gasteiger charge is -2.30. The summed E-state index contributed by atoms with van der Waals surface area (Å²) in [4.78, 5) is 4.37. The number of rotatable bonds is 6. The minimum atomic E-state index is -0.126. The molecule has 51 heavy (non-hydrogen) atoms. The molecular formula is C46H32N4O. The van der Waals surface area contributed by atoms with E-state index in [1.54, 1.807) is 0 Å². The first-order valence-electron chi connectivity index (χ1n) is 17.3. The molecule has 0 aromatic heterocycles. The molecule has 9 rings (SSSR count). The molecule has 2 unspecified atom stereocenters. The van der Waals surface area contributed by atoms with Crippen molar-refractivity contribution in [2.75, 3.05) is 9.80 Å². The van der Waals surface area contributed by atoms with Gasteiger partial charge in [0.2, 0.25) is 0 Å². The van der Waals surface area contributed by atoms with Crippen molar-refractivity contribution in [3.8, 4) is 17.9 Å². The molecular weight excluding hydrogens is 625 g/mol. The van der Waals surface area contributed by atoms with Gasteiger partial charge in [-0.15, -0.1) is 0 Å². The fourth-order valence-corrected chi connectivity index (χ4v) is 7.64. The van der Waals surface area contributed by atoms with Crippen molar-refractivity contribution in [1.82, 2.24) is 0 Å². The number of hydrogen-bond donors (Lipinski definition) is 0. The van der Waals surface area contributed by atoms with Crippen LogP contribution in [0.25, 0.3) is 22.9 Å². The number of hydrogen-bond acceptors (Lipinski definition) is 5. The Morgan fingerprint density at radius 3 is 2.06 bits per heavy atom. The van der Waals surface area contributed by atoms with E-state index in [4.69, 9.17) is 4.74 Å². The van der Waals surface area contributed by atoms with Crippen LogP contribution < -0.4 is 25.0 Å². The van der Waals surface area contributed by atoms with E-state index in [1.807, 2.05) is 66.7 Å². The van der Waals surface area contributed by atoms with Crippen LogP contribution in [-0.4, -0.2) is 6.10 Å². The van der Waals surface area contributed by atoms with Crippen LogP contribution in [0.4, 0.5) is 28.4 Å². The van der Waals surface area contributed by atoms with E-state index >= 15 is 0 Å². The van der Waals surface area contributed by atoms with Crippen molar-refractivity contribution in [2.45, 2.75) is 24.9 Å². The molecule has 1 heterocycles. The van der Waals surface area contributed by atoms with Crippen LogP contribution in [0, 0.1) is 22.7 Å². The van der Waals surface area contributed by atoms with Gasteiger partial charge in [-0.1, -0.05) is 72.8 Å². The molecule has 0 saturated heterocycles. The Hall–Kier alpha value is -6.82. The summed E-state index contributed by atoms with van der Waals surface area (Å²) in [5.74, 6) is 0.995. The van der Waals surface area contributed by atoms with Gasteiger partial charge < -0.3 is 14.5 Å². The summed E-state index contributed by atoms with van der Waals surface area (Å²) in [7, 11) is 0. The smallest absolute Gasteiger partial charge is 0.128 e. The van der Waals surface area contributed by atoms with Gasteiger partial charge in [-0.3, -0.25) is 0 Å². The molecule has 1 aliphatic heterocycles. The monoisotopic (exact) mass is 656 g/mol. The van der Waals surface area contributed by atoms with Crippen molar-refractivity contribution in [3.63, 3.8) is 0 Å². The summed E-state index contributed by atoms with van der Waals surface area (Å²) >= 11 is 0. The second kappa shape index (κ2) is 12.6. The van der Waals surface area contributed by atoms with Crippen LogP contribution in [0.15, 0.2) is 151 Å². The Morgan fingerprint density at radius 2 is 1.31 bits per heavy atom. The molecule has 2 atom stereocenters. The topological polar surface area (TPSA) is 63.3 Å². The van der Waals surface area contributed by atoms with Crippen LogP contribution in [0.5, 0.6) is 5.75 Å². The SMILES string of the molecule is N#Cc1ccccc1N(C1=CC=CCC1)c1ccc2c(c1)=CC1Oc3cc4cc(N(c5ccccc5)c5ccccc5C#N)ccc4cc3C1C=2. The highest BCUT2D eigenvalue weighted by molar-refractivity contribution is 5.92. The normalized spacial score (nSPS) is 16.5. The molecule has 0 bridgehead atoms. The van der Waals surface area contributed by atoms with E-state index in [-0.39, 0.29) is 12.0 Å². The number of anilines is 5. The van der Waals surface area contributed by atoms with E-state index in [0.717, 1.165) is 68.7 Å². The maximum absolute atomic E-state index is 9.98. The fourth-order valence-electron chi connectivity index (χ4n) is 7.64. The van der Waals surface area contributed by atoms with Gasteiger partial charge in [0.05, 0.1) is 22.5 Å². The number of benzene rings is 6. The van der Waals surface area contributed by atoms with Gasteiger partial charge in [0.1, 0.15) is 24.0 Å². The van der Waals surface area contributed by atoms with Gasteiger partial charge in [0.15, 0.2) is 0 Å². The lowest BCUT2D eigenvalue weighted by molar-refractivity contribution is 0.288. The molecule has 0 saturated carbocycles. The average Bonchev–Trinajstić information content (AvgIpc) is 3.53. The molecule has 0 amide bonds. The summed E-state index contributed by atoms with van der Waals surface area (Å²) in [5.41, 5.74) is 8.30. The second-order valence-electron chi connectivity index (χ2n) is 13.1. The van der Waals surface area contributed by atoms with Crippen LogP contribution in [0.1, 0.15) is 35.4 Å². The molecule has 0 N–H and O–H groups in total. The summed E-state index contributed by atoms with van der Waals surface area (Å²) in [6.07, 6.45) is 12.8. The molecule has 5 heteroatoms. The van der Waals surface area contributed by atoms with Crippen molar-refractivity contribution in [2.24, 2.45) is 0 Å². The zero-order valence-electron chi connectivity index (χ0n) is 27.8. The first-order valence-corrected chi connectivity index (χ1v) is 17.3. The first-order chi connectivity index (χ1) is 25.2. The highest BCUT2D eigenvalue weighted by Crippen LogP contribution is 2.45. The number of nitrogens with zero attached hydrogens (tertiary/aromatic N) is 4. The highest BCUT2D eigenvalue weighted by Gasteiger charge is 2.33. The highest BCUT2D eigenvalue weighted by atomic mass is 16.5. The zero-order valence-corrected chi connectivity index (χ0v) is 27.8. The molecule has 6 aromatic rings. The molecule has 5 nitrogen and oxygen atoms in total. The minimum absolute atomic E-state index is 0.104. The Morgan fingerprint density at radius 1 is 0.608 bits per heavy atom. The minimum Gasteiger partial charge on any atom is -0.485 e. The van der Waals surface area contributed by atoms with Crippen molar-refractivity contribution < 1.29 is 4.74 Å². The Balaban J connectivity index is 1.09. The summed E-state index contributed by atoms with van der Waals surface area (Å²) in [6.45, 7) is 0. The molecule has 2 aliphatic carbocycles. The van der Waals surface area contributed by atoms with Gasteiger partial charge in [0, 0.05) is 34.2 Å². The maximum atomic E-state index is 9.98. The Bertz CT molecular complexity index is 2630. The van der Waals surface area contributed by atoms with Crippen LogP contribution >= 0.6 is 0 Å². The zero-order chi connectivity index (χ0) is 34.3. The number of fused-ring (bicyclic) bond motifs is 5. The summed E-state index contributed by atoms with van der Waals surface area (Å²) in [5, 5.41) is 24.4. The Kier molecular flexibility index (Phi) is 7.46. The average molecular weight is 657 g/mol. The van der Waals surface area contributed by atoms with Crippen LogP contribution in [0.3, 0.4) is 0 Å². The predicted molar refractivity (Wildman–Crippen MR) is 205 cm³/mol. The second-order valence-corrected chi connectivity index (χ2v) is 13.1. The number of allylic oxidation sites excluding steroid dienone is 4. The third-order valence-electron chi connectivity index (χ3n) is 10.0. The van der Waals surface area contributed by atoms with Gasteiger partial charge in [-0.05, 0) is 119 Å². The van der Waals surface area contributed by atoms with E-state index in [9.17, 15) is 10.5 Å². The predicted octanol–water partition coefficient (Wildman–Crippen LogP) is 9.54. The quantitative estimate of drug-likeness (QED) is 0.179. The molecule has 0 fully saturated rings. The number of para-hydroxylation sites is 3. The third-order valence-corrected chi connectivity index (χ3v) is 10.0. The lowest BCUT2D eigenvalue weighted by Crippen LogP contribution is -2.35. The van der Waals surface area contributed by atoms with Crippen LogP contribution in [-0.2, 0) is 0 Å². The molecule has 242 valence electrons. The largest absolute Gasteiger partial charge is 0.485 e. The molecule has 3 aliphatic rings. The maximum Gasteiger partial charge on any atom is 0.128 e. The number of nitriles is 2. The van der Waals surface area contributed by atoms with Gasteiger partial charge >= 0.3 is 0 Å². The first kappa shape index (κ1) is 30.3. The molecule has 0 spiro atoms. The fraction of sp³-hybridized carbons (Fsp3) is 0.0870. The summed E-state index contributed by atoms with van der Waals surface area (Å²) in [6, 6.07) is 47.9.